The van der Waals surface area contributed by atoms with E-state index in [9.17, 15) is 9.90 Å². The molecule has 0 radical (unpaired) electrons. The fourth-order valence-corrected chi connectivity index (χ4v) is 2.24. The maximum Gasteiger partial charge on any atom is 0.236 e. The molecule has 4 heteroatoms. The van der Waals surface area contributed by atoms with E-state index in [-0.39, 0.29) is 18.1 Å². The molecular weight excluding hydrogens is 204 g/mol. The number of rotatable bonds is 4. The molecule has 1 aliphatic rings. The summed E-state index contributed by atoms with van der Waals surface area (Å²) in [7, 11) is 3.55. The molecule has 0 spiro atoms. The van der Waals surface area contributed by atoms with E-state index >= 15 is 0 Å². The standard InChI is InChI=1S/C12H24N2O2/c1-4-11(15)10-7-5-6-8-14(10)9-12(16)13(2)3/h10-11,15H,4-9H2,1-3H3/t10-,11-/m0/s1. The van der Waals surface area contributed by atoms with Crippen LogP contribution in [0.4, 0.5) is 0 Å². The molecule has 2 atom stereocenters. The Balaban J connectivity index is 2.56. The van der Waals surface area contributed by atoms with Gasteiger partial charge in [0.15, 0.2) is 0 Å². The minimum atomic E-state index is -0.296. The molecule has 16 heavy (non-hydrogen) atoms. The fourth-order valence-electron chi connectivity index (χ4n) is 2.24. The predicted molar refractivity (Wildman–Crippen MR) is 64.2 cm³/mol. The first kappa shape index (κ1) is 13.5. The third-order valence-electron chi connectivity index (χ3n) is 3.36. The maximum atomic E-state index is 11.7. The Morgan fingerprint density at radius 3 is 2.75 bits per heavy atom. The summed E-state index contributed by atoms with van der Waals surface area (Å²) in [6.45, 7) is 3.36. The van der Waals surface area contributed by atoms with Crippen molar-refractivity contribution in [1.82, 2.24) is 9.80 Å². The number of piperidine rings is 1. The van der Waals surface area contributed by atoms with Crippen molar-refractivity contribution < 1.29 is 9.90 Å². The van der Waals surface area contributed by atoms with Crippen LogP contribution < -0.4 is 0 Å². The second kappa shape index (κ2) is 6.21. The molecule has 0 aromatic carbocycles. The maximum absolute atomic E-state index is 11.7. The lowest BCUT2D eigenvalue weighted by Gasteiger charge is -2.38. The predicted octanol–water partition coefficient (Wildman–Crippen LogP) is 0.700. The number of nitrogens with zero attached hydrogens (tertiary/aromatic N) is 2. The molecule has 1 aliphatic heterocycles. The van der Waals surface area contributed by atoms with E-state index in [1.54, 1.807) is 19.0 Å². The molecule has 0 aliphatic carbocycles. The van der Waals surface area contributed by atoms with Crippen LogP contribution in [0.5, 0.6) is 0 Å². The first-order valence-electron chi connectivity index (χ1n) is 6.18. The topological polar surface area (TPSA) is 43.8 Å². The largest absolute Gasteiger partial charge is 0.392 e. The van der Waals surface area contributed by atoms with Crippen molar-refractivity contribution >= 4 is 5.91 Å². The number of carbonyl (C=O) groups excluding carboxylic acids is 1. The summed E-state index contributed by atoms with van der Waals surface area (Å²) >= 11 is 0. The van der Waals surface area contributed by atoms with E-state index < -0.39 is 0 Å². The zero-order valence-corrected chi connectivity index (χ0v) is 10.6. The Bertz CT molecular complexity index is 231. The highest BCUT2D eigenvalue weighted by Gasteiger charge is 2.29. The van der Waals surface area contributed by atoms with Crippen molar-refractivity contribution in [2.45, 2.75) is 44.8 Å². The molecule has 0 saturated carbocycles. The Hall–Kier alpha value is -0.610. The zero-order valence-electron chi connectivity index (χ0n) is 10.6. The van der Waals surface area contributed by atoms with Gasteiger partial charge in [0.2, 0.25) is 5.91 Å². The van der Waals surface area contributed by atoms with Gasteiger partial charge in [-0.05, 0) is 25.8 Å². The molecule has 94 valence electrons. The fraction of sp³-hybridized carbons (Fsp3) is 0.917. The average molecular weight is 228 g/mol. The van der Waals surface area contributed by atoms with Gasteiger partial charge in [-0.1, -0.05) is 13.3 Å². The Labute approximate surface area is 98.2 Å². The van der Waals surface area contributed by atoms with Gasteiger partial charge in [-0.2, -0.15) is 0 Å². The number of amides is 1. The first-order chi connectivity index (χ1) is 7.56. The van der Waals surface area contributed by atoms with Crippen molar-refractivity contribution in [3.63, 3.8) is 0 Å². The SMILES string of the molecule is CC[C@H](O)[C@@H]1CCCCN1CC(=O)N(C)C. The number of likely N-dealkylation sites (tertiary alicyclic amines) is 1. The third-order valence-corrected chi connectivity index (χ3v) is 3.36. The lowest BCUT2D eigenvalue weighted by Crippen LogP contribution is -2.50. The monoisotopic (exact) mass is 228 g/mol. The molecule has 1 N–H and O–H groups in total. The van der Waals surface area contributed by atoms with Crippen LogP contribution in [-0.2, 0) is 4.79 Å². The van der Waals surface area contributed by atoms with Gasteiger partial charge < -0.3 is 10.0 Å². The zero-order chi connectivity index (χ0) is 12.1. The van der Waals surface area contributed by atoms with Crippen molar-refractivity contribution in [1.29, 1.82) is 0 Å². The molecule has 0 aromatic heterocycles. The van der Waals surface area contributed by atoms with E-state index in [0.29, 0.717) is 6.54 Å². The molecule has 1 fully saturated rings. The lowest BCUT2D eigenvalue weighted by atomic mass is 9.96. The second-order valence-corrected chi connectivity index (χ2v) is 4.80. The van der Waals surface area contributed by atoms with E-state index in [1.807, 2.05) is 6.92 Å². The number of likely N-dealkylation sites (N-methyl/N-ethyl adjacent to an activating group) is 1. The Morgan fingerprint density at radius 2 is 2.19 bits per heavy atom. The highest BCUT2D eigenvalue weighted by atomic mass is 16.3. The molecule has 0 unspecified atom stereocenters. The molecule has 0 aromatic rings. The summed E-state index contributed by atoms with van der Waals surface area (Å²) in [5, 5.41) is 9.94. The van der Waals surface area contributed by atoms with Gasteiger partial charge in [0, 0.05) is 20.1 Å². The Morgan fingerprint density at radius 1 is 1.50 bits per heavy atom. The number of hydrogen-bond donors (Lipinski definition) is 1. The van der Waals surface area contributed by atoms with Crippen molar-refractivity contribution in [3.8, 4) is 0 Å². The van der Waals surface area contributed by atoms with Gasteiger partial charge in [-0.15, -0.1) is 0 Å². The average Bonchev–Trinajstić information content (AvgIpc) is 2.28. The lowest BCUT2D eigenvalue weighted by molar-refractivity contribution is -0.131. The van der Waals surface area contributed by atoms with Crippen molar-refractivity contribution in [2.75, 3.05) is 27.2 Å². The molecular formula is C12H24N2O2. The normalized spacial score (nSPS) is 24.1. The number of aliphatic hydroxyl groups is 1. The van der Waals surface area contributed by atoms with Crippen LogP contribution in [0.1, 0.15) is 32.6 Å². The summed E-state index contributed by atoms with van der Waals surface area (Å²) in [6.07, 6.45) is 3.77. The van der Waals surface area contributed by atoms with Gasteiger partial charge in [-0.25, -0.2) is 0 Å². The Kier molecular flexibility index (Phi) is 5.22. The molecule has 1 amide bonds. The van der Waals surface area contributed by atoms with Gasteiger partial charge in [0.05, 0.1) is 12.6 Å². The van der Waals surface area contributed by atoms with Crippen LogP contribution in [0.25, 0.3) is 0 Å². The molecule has 1 heterocycles. The summed E-state index contributed by atoms with van der Waals surface area (Å²) in [6, 6.07) is 0.169. The molecule has 1 rings (SSSR count). The first-order valence-corrected chi connectivity index (χ1v) is 6.18. The van der Waals surface area contributed by atoms with Gasteiger partial charge in [0.25, 0.3) is 0 Å². The summed E-state index contributed by atoms with van der Waals surface area (Å²) in [4.78, 5) is 15.4. The molecule has 0 bridgehead atoms. The van der Waals surface area contributed by atoms with Crippen molar-refractivity contribution in [3.05, 3.63) is 0 Å². The van der Waals surface area contributed by atoms with E-state index in [4.69, 9.17) is 0 Å². The number of carbonyl (C=O) groups is 1. The van der Waals surface area contributed by atoms with E-state index in [0.717, 1.165) is 32.2 Å². The summed E-state index contributed by atoms with van der Waals surface area (Å²) < 4.78 is 0. The number of aliphatic hydroxyl groups excluding tert-OH is 1. The second-order valence-electron chi connectivity index (χ2n) is 4.80. The minimum Gasteiger partial charge on any atom is -0.392 e. The molecule has 1 saturated heterocycles. The van der Waals surface area contributed by atoms with E-state index in [2.05, 4.69) is 4.90 Å². The minimum absolute atomic E-state index is 0.121. The highest BCUT2D eigenvalue weighted by Crippen LogP contribution is 2.21. The van der Waals surface area contributed by atoms with Crippen LogP contribution in [0, 0.1) is 0 Å². The summed E-state index contributed by atoms with van der Waals surface area (Å²) in [5.41, 5.74) is 0. The van der Waals surface area contributed by atoms with Gasteiger partial charge in [0.1, 0.15) is 0 Å². The van der Waals surface area contributed by atoms with Gasteiger partial charge in [-0.3, -0.25) is 9.69 Å². The van der Waals surface area contributed by atoms with Crippen LogP contribution in [-0.4, -0.2) is 60.1 Å². The van der Waals surface area contributed by atoms with Crippen LogP contribution >= 0.6 is 0 Å². The quantitative estimate of drug-likeness (QED) is 0.770. The summed E-state index contributed by atoms with van der Waals surface area (Å²) in [5.74, 6) is 0.121. The van der Waals surface area contributed by atoms with Gasteiger partial charge >= 0.3 is 0 Å². The molecule has 4 nitrogen and oxygen atoms in total. The highest BCUT2D eigenvalue weighted by molar-refractivity contribution is 5.77. The van der Waals surface area contributed by atoms with Crippen molar-refractivity contribution in [2.24, 2.45) is 0 Å². The van der Waals surface area contributed by atoms with Crippen LogP contribution in [0.15, 0.2) is 0 Å². The van der Waals surface area contributed by atoms with E-state index in [1.165, 1.54) is 0 Å². The number of hydrogen-bond acceptors (Lipinski definition) is 3. The van der Waals surface area contributed by atoms with Crippen LogP contribution in [0.3, 0.4) is 0 Å². The van der Waals surface area contributed by atoms with Crippen LogP contribution in [0.2, 0.25) is 0 Å². The smallest absolute Gasteiger partial charge is 0.236 e. The third kappa shape index (κ3) is 3.46.